The Kier molecular flexibility index (Phi) is 44.1. The average Bonchev–Trinajstić information content (AvgIpc) is 3.35. The fourth-order valence-corrected chi connectivity index (χ4v) is 8.43. The number of hydrogen-bond donors (Lipinski definition) is 3. The van der Waals surface area contributed by atoms with Crippen LogP contribution in [0.4, 0.5) is 0 Å². The molecule has 12 nitrogen and oxygen atoms in total. The predicted octanol–water partition coefficient (Wildman–Crippen LogP) is 14.2. The molecule has 0 aromatic rings. The van der Waals surface area contributed by atoms with Gasteiger partial charge in [-0.25, -0.2) is 4.79 Å². The number of hydrogen-bond acceptors (Lipinski definition) is 11. The van der Waals surface area contributed by atoms with Crippen LogP contribution in [0, 0.1) is 0 Å². The van der Waals surface area contributed by atoms with Gasteiger partial charge in [-0.1, -0.05) is 198 Å². The van der Waals surface area contributed by atoms with E-state index in [2.05, 4.69) is 69.4 Å². The average molecular weight is 1000 g/mol. The zero-order chi connectivity index (χ0) is 51.8. The van der Waals surface area contributed by atoms with Crippen LogP contribution in [0.1, 0.15) is 252 Å². The van der Waals surface area contributed by atoms with E-state index in [-0.39, 0.29) is 25.9 Å². The lowest BCUT2D eigenvalue weighted by atomic mass is 9.98. The first kappa shape index (κ1) is 65.7. The minimum atomic E-state index is -1.91. The highest BCUT2D eigenvalue weighted by molar-refractivity contribution is 5.74. The molecule has 1 fully saturated rings. The van der Waals surface area contributed by atoms with E-state index >= 15 is 0 Å². The molecule has 1 aliphatic heterocycles. The van der Waals surface area contributed by atoms with Crippen molar-refractivity contribution in [2.24, 2.45) is 0 Å². The molecule has 6 unspecified atom stereocenters. The Morgan fingerprint density at radius 3 is 1.30 bits per heavy atom. The van der Waals surface area contributed by atoms with Crippen molar-refractivity contribution in [1.29, 1.82) is 0 Å². The quantitative estimate of drug-likeness (QED) is 0.0228. The Bertz CT molecular complexity index is 1420. The third kappa shape index (κ3) is 38.0. The molecule has 6 atom stereocenters. The summed E-state index contributed by atoms with van der Waals surface area (Å²) in [5.74, 6) is -3.14. The summed E-state index contributed by atoms with van der Waals surface area (Å²) in [6, 6.07) is 0. The van der Waals surface area contributed by atoms with Crippen molar-refractivity contribution in [3.8, 4) is 0 Å². The van der Waals surface area contributed by atoms with Gasteiger partial charge in [-0.05, 0) is 83.5 Å². The summed E-state index contributed by atoms with van der Waals surface area (Å²) in [5.41, 5.74) is 0. The second kappa shape index (κ2) is 47.7. The fraction of sp³-hybridized carbons (Fsp3) is 0.797. The minimum absolute atomic E-state index is 0.0451. The zero-order valence-corrected chi connectivity index (χ0v) is 45.0. The van der Waals surface area contributed by atoms with Gasteiger partial charge in [0.15, 0.2) is 24.6 Å². The molecule has 0 saturated carbocycles. The number of unbranched alkanes of at least 4 members (excludes halogenated alkanes) is 26. The third-order valence-electron chi connectivity index (χ3n) is 12.9. The molecule has 1 saturated heterocycles. The molecule has 0 amide bonds. The summed E-state index contributed by atoms with van der Waals surface area (Å²) < 4.78 is 28.3. The van der Waals surface area contributed by atoms with Crippen molar-refractivity contribution in [1.82, 2.24) is 0 Å². The van der Waals surface area contributed by atoms with E-state index in [0.717, 1.165) is 103 Å². The zero-order valence-electron chi connectivity index (χ0n) is 45.0. The molecule has 0 radical (unpaired) electrons. The summed E-state index contributed by atoms with van der Waals surface area (Å²) in [7, 11) is 0. The van der Waals surface area contributed by atoms with Crippen LogP contribution in [0.3, 0.4) is 0 Å². The summed E-state index contributed by atoms with van der Waals surface area (Å²) >= 11 is 0. The Hall–Kier alpha value is -3.32. The molecule has 3 N–H and O–H groups in total. The number of carbonyl (C=O) groups excluding carboxylic acids is 3. The first-order valence-corrected chi connectivity index (χ1v) is 28.6. The molecular formula is C59H102O12. The van der Waals surface area contributed by atoms with Crippen molar-refractivity contribution < 1.29 is 58.2 Å². The van der Waals surface area contributed by atoms with E-state index in [1.54, 1.807) is 0 Å². The lowest BCUT2D eigenvalue weighted by Crippen LogP contribution is -2.61. The highest BCUT2D eigenvalue weighted by Crippen LogP contribution is 2.26. The van der Waals surface area contributed by atoms with Gasteiger partial charge in [-0.2, -0.15) is 0 Å². The molecule has 410 valence electrons. The molecule has 12 heteroatoms. The van der Waals surface area contributed by atoms with E-state index in [4.69, 9.17) is 23.7 Å². The van der Waals surface area contributed by atoms with E-state index in [1.165, 1.54) is 89.9 Å². The first-order valence-electron chi connectivity index (χ1n) is 28.6. The van der Waals surface area contributed by atoms with Crippen LogP contribution in [-0.4, -0.2) is 89.2 Å². The summed E-state index contributed by atoms with van der Waals surface area (Å²) in [4.78, 5) is 50.9. The molecular weight excluding hydrogens is 901 g/mol. The molecule has 0 aromatic heterocycles. The number of allylic oxidation sites excluding steroid dienone is 8. The van der Waals surface area contributed by atoms with Crippen molar-refractivity contribution >= 4 is 23.9 Å². The standard InChI is InChI=1S/C59H102O12/c1-4-7-10-13-16-19-21-23-25-26-28-29-31-34-36-39-42-45-51(60)67-48-50(69-52(61)46-43-40-37-33-18-15-12-9-6-3)49-68-59-57(55(64)54(63)56(71-59)58(65)66)70-53(62)47-44-41-38-35-32-30-27-24-22-20-17-14-11-8-5-2/h16-17,19-20,23-25,27,50,54-57,59,63-64H,4-15,18,21-22,26,28-49H2,1-3H3,(H,65,66)/b19-16-,20-17-,25-23-,27-24-. The second-order valence-corrected chi connectivity index (χ2v) is 19.6. The van der Waals surface area contributed by atoms with Gasteiger partial charge in [0.05, 0.1) is 6.61 Å². The second-order valence-electron chi connectivity index (χ2n) is 19.6. The maximum atomic E-state index is 13.0. The number of ether oxygens (including phenoxy) is 5. The van der Waals surface area contributed by atoms with Crippen molar-refractivity contribution in [2.45, 2.75) is 289 Å². The van der Waals surface area contributed by atoms with Gasteiger partial charge >= 0.3 is 23.9 Å². The fourth-order valence-electron chi connectivity index (χ4n) is 8.43. The van der Waals surface area contributed by atoms with Crippen LogP contribution in [0.5, 0.6) is 0 Å². The van der Waals surface area contributed by atoms with Crippen molar-refractivity contribution in [3.63, 3.8) is 0 Å². The Morgan fingerprint density at radius 2 is 0.845 bits per heavy atom. The van der Waals surface area contributed by atoms with Gasteiger partial charge in [-0.15, -0.1) is 0 Å². The van der Waals surface area contributed by atoms with Gasteiger partial charge < -0.3 is 39.0 Å². The van der Waals surface area contributed by atoms with Gasteiger partial charge in [0, 0.05) is 19.3 Å². The van der Waals surface area contributed by atoms with Crippen LogP contribution in [-0.2, 0) is 42.9 Å². The lowest BCUT2D eigenvalue weighted by Gasteiger charge is -2.40. The Morgan fingerprint density at radius 1 is 0.465 bits per heavy atom. The molecule has 1 rings (SSSR count). The van der Waals surface area contributed by atoms with Crippen molar-refractivity contribution in [2.75, 3.05) is 13.2 Å². The summed E-state index contributed by atoms with van der Waals surface area (Å²) in [6.45, 7) is 5.90. The topological polar surface area (TPSA) is 175 Å². The summed E-state index contributed by atoms with van der Waals surface area (Å²) in [5, 5.41) is 31.4. The molecule has 0 aromatic carbocycles. The van der Waals surface area contributed by atoms with Crippen molar-refractivity contribution in [3.05, 3.63) is 48.6 Å². The largest absolute Gasteiger partial charge is 0.479 e. The Balaban J connectivity index is 2.67. The monoisotopic (exact) mass is 1000 g/mol. The number of esters is 3. The molecule has 0 spiro atoms. The first-order chi connectivity index (χ1) is 34.6. The maximum absolute atomic E-state index is 13.0. The smallest absolute Gasteiger partial charge is 0.335 e. The molecule has 0 bridgehead atoms. The van der Waals surface area contributed by atoms with Crippen LogP contribution >= 0.6 is 0 Å². The van der Waals surface area contributed by atoms with Gasteiger partial charge in [0.2, 0.25) is 0 Å². The van der Waals surface area contributed by atoms with E-state index in [9.17, 15) is 34.5 Å². The predicted molar refractivity (Wildman–Crippen MR) is 285 cm³/mol. The van der Waals surface area contributed by atoms with E-state index in [1.807, 2.05) is 0 Å². The minimum Gasteiger partial charge on any atom is -0.479 e. The van der Waals surface area contributed by atoms with Gasteiger partial charge in [0.1, 0.15) is 18.8 Å². The SMILES string of the molecule is CCCCC/C=C\C/C=C\CCCCCCCCCC(=O)OCC(COC1OC(C(=O)O)C(O)C(O)C1OC(=O)CCCCCCC/C=C\C/C=C\CCCCC)OC(=O)CCCCCCCCCCC. The van der Waals surface area contributed by atoms with Gasteiger partial charge in [0.25, 0.3) is 0 Å². The number of carbonyl (C=O) groups is 4. The number of rotatable bonds is 48. The number of aliphatic hydroxyl groups excluding tert-OH is 2. The summed E-state index contributed by atoms with van der Waals surface area (Å²) in [6.07, 6.45) is 43.8. The van der Waals surface area contributed by atoms with Crippen LogP contribution < -0.4 is 0 Å². The number of aliphatic hydroxyl groups is 2. The number of carboxylic acids is 1. The molecule has 1 heterocycles. The highest BCUT2D eigenvalue weighted by atomic mass is 16.7. The van der Waals surface area contributed by atoms with Crippen LogP contribution in [0.25, 0.3) is 0 Å². The number of aliphatic carboxylic acids is 1. The molecule has 71 heavy (non-hydrogen) atoms. The lowest BCUT2D eigenvalue weighted by molar-refractivity contribution is -0.301. The van der Waals surface area contributed by atoms with E-state index < -0.39 is 67.3 Å². The van der Waals surface area contributed by atoms with E-state index in [0.29, 0.717) is 19.3 Å². The third-order valence-corrected chi connectivity index (χ3v) is 12.9. The molecule has 1 aliphatic rings. The normalized spacial score (nSPS) is 18.8. The van der Waals surface area contributed by atoms with Crippen LogP contribution in [0.15, 0.2) is 48.6 Å². The molecule has 0 aliphatic carbocycles. The van der Waals surface area contributed by atoms with Gasteiger partial charge in [-0.3, -0.25) is 14.4 Å². The Labute approximate surface area is 431 Å². The maximum Gasteiger partial charge on any atom is 0.335 e. The number of carboxylic acid groups (broad SMARTS) is 1. The van der Waals surface area contributed by atoms with Crippen LogP contribution in [0.2, 0.25) is 0 Å². The highest BCUT2D eigenvalue weighted by Gasteiger charge is 2.50.